The Balaban J connectivity index is 2.15. The van der Waals surface area contributed by atoms with E-state index in [2.05, 4.69) is 5.32 Å². The maximum Gasteiger partial charge on any atom is 0.417 e. The van der Waals surface area contributed by atoms with Crippen molar-refractivity contribution in [3.05, 3.63) is 35.4 Å². The van der Waals surface area contributed by atoms with Gasteiger partial charge in [-0.05, 0) is 12.1 Å². The molecule has 2 rings (SSSR count). The lowest BCUT2D eigenvalue weighted by molar-refractivity contribution is -0.137. The summed E-state index contributed by atoms with van der Waals surface area (Å²) in [7, 11) is -0.750. The van der Waals surface area contributed by atoms with Crippen LogP contribution in [0.5, 0.6) is 0 Å². The van der Waals surface area contributed by atoms with Gasteiger partial charge in [-0.15, -0.1) is 0 Å². The Morgan fingerprint density at radius 3 is 2.52 bits per heavy atom. The summed E-state index contributed by atoms with van der Waals surface area (Å²) in [6, 6.07) is 3.77. The number of sulfonamides is 1. The molecule has 1 fully saturated rings. The summed E-state index contributed by atoms with van der Waals surface area (Å²) in [4.78, 5) is 12.3. The minimum absolute atomic E-state index is 0.0491. The number of halogens is 3. The van der Waals surface area contributed by atoms with Crippen molar-refractivity contribution in [2.24, 2.45) is 5.92 Å². The Labute approximate surface area is 144 Å². The molecule has 0 radical (unpaired) electrons. The van der Waals surface area contributed by atoms with Crippen molar-refractivity contribution in [1.29, 1.82) is 0 Å². The predicted molar refractivity (Wildman–Crippen MR) is 84.5 cm³/mol. The molecule has 1 aliphatic rings. The van der Waals surface area contributed by atoms with E-state index < -0.39 is 45.2 Å². The second kappa shape index (κ2) is 7.30. The van der Waals surface area contributed by atoms with E-state index in [4.69, 9.17) is 4.74 Å². The van der Waals surface area contributed by atoms with E-state index in [-0.39, 0.29) is 19.0 Å². The van der Waals surface area contributed by atoms with Crippen molar-refractivity contribution < 1.29 is 31.1 Å². The number of nitrogens with zero attached hydrogens (tertiary/aromatic N) is 1. The molecule has 0 saturated carbocycles. The van der Waals surface area contributed by atoms with Crippen LogP contribution in [0.3, 0.4) is 0 Å². The molecule has 1 saturated heterocycles. The lowest BCUT2D eigenvalue weighted by atomic mass is 10.0. The van der Waals surface area contributed by atoms with Gasteiger partial charge in [0.05, 0.1) is 36.1 Å². The van der Waals surface area contributed by atoms with Gasteiger partial charge in [0.2, 0.25) is 10.0 Å². The lowest BCUT2D eigenvalue weighted by Gasteiger charge is -2.21. The van der Waals surface area contributed by atoms with Gasteiger partial charge in [-0.1, -0.05) is 12.1 Å². The minimum atomic E-state index is -4.66. The van der Waals surface area contributed by atoms with Gasteiger partial charge < -0.3 is 10.1 Å². The van der Waals surface area contributed by atoms with Gasteiger partial charge in [0.25, 0.3) is 5.91 Å². The van der Waals surface area contributed by atoms with Gasteiger partial charge >= 0.3 is 6.18 Å². The van der Waals surface area contributed by atoms with Crippen molar-refractivity contribution in [3.63, 3.8) is 0 Å². The Bertz CT molecular complexity index is 735. The fraction of sp³-hybridized carbons (Fsp3) is 0.533. The summed E-state index contributed by atoms with van der Waals surface area (Å²) in [5, 5.41) is 2.47. The van der Waals surface area contributed by atoms with E-state index in [0.717, 1.165) is 16.4 Å². The molecule has 10 heteroatoms. The highest BCUT2D eigenvalue weighted by molar-refractivity contribution is 7.89. The monoisotopic (exact) mass is 380 g/mol. The van der Waals surface area contributed by atoms with E-state index in [1.54, 1.807) is 0 Å². The topological polar surface area (TPSA) is 75.7 Å². The molecule has 1 aliphatic heterocycles. The van der Waals surface area contributed by atoms with Crippen LogP contribution < -0.4 is 5.32 Å². The van der Waals surface area contributed by atoms with Crippen molar-refractivity contribution in [3.8, 4) is 0 Å². The zero-order valence-corrected chi connectivity index (χ0v) is 14.5. The number of ether oxygens (including phenoxy) is 1. The van der Waals surface area contributed by atoms with Crippen LogP contribution in [-0.2, 0) is 20.9 Å². The van der Waals surface area contributed by atoms with E-state index in [1.807, 2.05) is 0 Å². The molecule has 0 aliphatic carbocycles. The zero-order chi connectivity index (χ0) is 18.8. The largest absolute Gasteiger partial charge is 0.417 e. The third kappa shape index (κ3) is 4.71. The molecule has 1 aromatic carbocycles. The summed E-state index contributed by atoms with van der Waals surface area (Å²) < 4.78 is 69.3. The van der Waals surface area contributed by atoms with Gasteiger partial charge in [-0.2, -0.15) is 13.2 Å². The van der Waals surface area contributed by atoms with Crippen LogP contribution in [0.15, 0.2) is 24.3 Å². The molecule has 6 nitrogen and oxygen atoms in total. The molecule has 0 bridgehead atoms. The summed E-state index contributed by atoms with van der Waals surface area (Å²) in [6.07, 6.45) is -4.66. The predicted octanol–water partition coefficient (Wildman–Crippen LogP) is 1.34. The fourth-order valence-corrected chi connectivity index (χ4v) is 3.68. The summed E-state index contributed by atoms with van der Waals surface area (Å²) >= 11 is 0. The van der Waals surface area contributed by atoms with E-state index in [1.165, 1.54) is 26.2 Å². The maximum atomic E-state index is 13.0. The second-order valence-corrected chi connectivity index (χ2v) is 8.21. The van der Waals surface area contributed by atoms with Crippen LogP contribution in [-0.4, -0.2) is 57.7 Å². The van der Waals surface area contributed by atoms with Crippen molar-refractivity contribution in [2.45, 2.75) is 12.2 Å². The number of nitrogens with one attached hydrogen (secondary N) is 1. The van der Waals surface area contributed by atoms with Gasteiger partial charge in [-0.3, -0.25) is 4.79 Å². The van der Waals surface area contributed by atoms with Crippen LogP contribution in [0.25, 0.3) is 0 Å². The standard InChI is InChI=1S/C15H19F3N2O4S/c1-20(2)25(22,23)9-10-7-24-8-13(10)19-14(21)11-5-3-4-6-12(11)15(16,17)18/h3-6,10,13H,7-9H2,1-2H3,(H,19,21)/t10-,13-/m0/s1. The van der Waals surface area contributed by atoms with Crippen LogP contribution in [0, 0.1) is 5.92 Å². The normalized spacial score (nSPS) is 21.5. The Morgan fingerprint density at radius 1 is 1.28 bits per heavy atom. The van der Waals surface area contributed by atoms with Crippen molar-refractivity contribution in [2.75, 3.05) is 33.1 Å². The van der Waals surface area contributed by atoms with Gasteiger partial charge in [0, 0.05) is 20.0 Å². The second-order valence-electron chi connectivity index (χ2n) is 5.98. The van der Waals surface area contributed by atoms with Crippen LogP contribution in [0.2, 0.25) is 0 Å². The molecule has 1 N–H and O–H groups in total. The number of carbonyl (C=O) groups is 1. The fourth-order valence-electron chi connectivity index (χ4n) is 2.52. The highest BCUT2D eigenvalue weighted by Gasteiger charge is 2.37. The minimum Gasteiger partial charge on any atom is -0.379 e. The molecular formula is C15H19F3N2O4S. The van der Waals surface area contributed by atoms with Crippen LogP contribution in [0.4, 0.5) is 13.2 Å². The molecule has 1 amide bonds. The van der Waals surface area contributed by atoms with E-state index in [9.17, 15) is 26.4 Å². The molecule has 1 aromatic rings. The quantitative estimate of drug-likeness (QED) is 0.837. The summed E-state index contributed by atoms with van der Waals surface area (Å²) in [5.41, 5.74) is -1.54. The SMILES string of the molecule is CN(C)S(=O)(=O)C[C@@H]1COC[C@@H]1NC(=O)c1ccccc1C(F)(F)F. The van der Waals surface area contributed by atoms with Crippen LogP contribution >= 0.6 is 0 Å². The molecule has 140 valence electrons. The molecule has 0 unspecified atom stereocenters. The average Bonchev–Trinajstić information content (AvgIpc) is 2.92. The number of carbonyl (C=O) groups excluding carboxylic acids is 1. The molecule has 0 spiro atoms. The number of rotatable bonds is 5. The number of hydrogen-bond acceptors (Lipinski definition) is 4. The number of benzene rings is 1. The average molecular weight is 380 g/mol. The summed E-state index contributed by atoms with van der Waals surface area (Å²) in [5.74, 6) is -1.70. The Hall–Kier alpha value is -1.65. The number of hydrogen-bond donors (Lipinski definition) is 1. The zero-order valence-electron chi connectivity index (χ0n) is 13.7. The highest BCUT2D eigenvalue weighted by Crippen LogP contribution is 2.32. The van der Waals surface area contributed by atoms with Gasteiger partial charge in [-0.25, -0.2) is 12.7 Å². The Morgan fingerprint density at radius 2 is 1.92 bits per heavy atom. The first-order valence-corrected chi connectivity index (χ1v) is 9.08. The molecule has 2 atom stereocenters. The first-order chi connectivity index (χ1) is 11.5. The van der Waals surface area contributed by atoms with Crippen LogP contribution in [0.1, 0.15) is 15.9 Å². The van der Waals surface area contributed by atoms with Gasteiger partial charge in [0.1, 0.15) is 0 Å². The first kappa shape index (κ1) is 19.7. The van der Waals surface area contributed by atoms with E-state index in [0.29, 0.717) is 0 Å². The molecule has 25 heavy (non-hydrogen) atoms. The first-order valence-electron chi connectivity index (χ1n) is 7.47. The van der Waals surface area contributed by atoms with Crippen molar-refractivity contribution in [1.82, 2.24) is 9.62 Å². The van der Waals surface area contributed by atoms with Crippen molar-refractivity contribution >= 4 is 15.9 Å². The highest BCUT2D eigenvalue weighted by atomic mass is 32.2. The number of amides is 1. The molecule has 1 heterocycles. The van der Waals surface area contributed by atoms with Gasteiger partial charge in [0.15, 0.2) is 0 Å². The van der Waals surface area contributed by atoms with E-state index >= 15 is 0 Å². The lowest BCUT2D eigenvalue weighted by Crippen LogP contribution is -2.44. The molecular weight excluding hydrogens is 361 g/mol. The Kier molecular flexibility index (Phi) is 5.75. The third-order valence-corrected chi connectivity index (χ3v) is 5.94. The molecule has 0 aromatic heterocycles. The summed E-state index contributed by atoms with van der Waals surface area (Å²) in [6.45, 7) is 0.159. The third-order valence-electron chi connectivity index (χ3n) is 3.97. The maximum absolute atomic E-state index is 13.0. The smallest absolute Gasteiger partial charge is 0.379 e. The number of alkyl halides is 3.